The van der Waals surface area contributed by atoms with Crippen LogP contribution in [-0.4, -0.2) is 55.6 Å². The van der Waals surface area contributed by atoms with Crippen molar-refractivity contribution in [2.75, 3.05) is 39.8 Å². The molecule has 1 aromatic heterocycles. The lowest BCUT2D eigenvalue weighted by Gasteiger charge is -2.29. The van der Waals surface area contributed by atoms with Gasteiger partial charge >= 0.3 is 0 Å². The minimum atomic E-state index is 0. The maximum absolute atomic E-state index is 5.80. The normalized spacial score (nSPS) is 16.8. The summed E-state index contributed by atoms with van der Waals surface area (Å²) in [4.78, 5) is 11.0. The lowest BCUT2D eigenvalue weighted by molar-refractivity contribution is 0.201. The summed E-state index contributed by atoms with van der Waals surface area (Å²) in [5, 5.41) is 7.32. The molecule has 0 bridgehead atoms. The van der Waals surface area contributed by atoms with Gasteiger partial charge in [0, 0.05) is 32.9 Å². The molecule has 0 radical (unpaired) electrons. The average Bonchev–Trinajstić information content (AvgIpc) is 2.60. The fraction of sp³-hybridized carbons (Fsp3) is 0.667. The molecule has 1 aliphatic rings. The highest BCUT2D eigenvalue weighted by Gasteiger charge is 2.13. The molecule has 7 heteroatoms. The van der Waals surface area contributed by atoms with E-state index in [-0.39, 0.29) is 24.0 Å². The molecule has 142 valence electrons. The second-order valence-electron chi connectivity index (χ2n) is 6.59. The maximum Gasteiger partial charge on any atom is 0.190 e. The minimum Gasteiger partial charge on any atom is -0.356 e. The Hall–Kier alpha value is -0.600. The number of guanidine groups is 1. The van der Waals surface area contributed by atoms with Crippen molar-refractivity contribution in [3.63, 3.8) is 0 Å². The fourth-order valence-corrected chi connectivity index (χ4v) is 3.13. The van der Waals surface area contributed by atoms with Crippen molar-refractivity contribution in [2.45, 2.75) is 32.6 Å². The molecule has 5 nitrogen and oxygen atoms in total. The molecule has 2 rings (SSSR count). The molecule has 0 spiro atoms. The van der Waals surface area contributed by atoms with Gasteiger partial charge in [-0.1, -0.05) is 31.0 Å². The van der Waals surface area contributed by atoms with Crippen LogP contribution >= 0.6 is 35.6 Å². The van der Waals surface area contributed by atoms with Gasteiger partial charge in [0.15, 0.2) is 5.96 Å². The van der Waals surface area contributed by atoms with E-state index in [1.165, 1.54) is 44.5 Å². The van der Waals surface area contributed by atoms with Crippen molar-refractivity contribution in [1.29, 1.82) is 0 Å². The third-order valence-corrected chi connectivity index (χ3v) is 4.58. The molecule has 2 heterocycles. The monoisotopic (exact) mass is 479 g/mol. The molecule has 1 atom stereocenters. The number of aliphatic imine (C=N–C) groups is 1. The van der Waals surface area contributed by atoms with Crippen LogP contribution in [0.5, 0.6) is 0 Å². The average molecular weight is 480 g/mol. The van der Waals surface area contributed by atoms with E-state index in [2.05, 4.69) is 32.4 Å². The lowest BCUT2D eigenvalue weighted by Crippen LogP contribution is -2.42. The predicted molar refractivity (Wildman–Crippen MR) is 117 cm³/mol. The predicted octanol–water partition coefficient (Wildman–Crippen LogP) is 3.18. The zero-order chi connectivity index (χ0) is 17.2. The Morgan fingerprint density at radius 2 is 2.04 bits per heavy atom. The van der Waals surface area contributed by atoms with Gasteiger partial charge in [0.05, 0.1) is 0 Å². The van der Waals surface area contributed by atoms with E-state index in [0.29, 0.717) is 11.1 Å². The lowest BCUT2D eigenvalue weighted by atomic mass is 10.1. The molecular weight excluding hydrogens is 449 g/mol. The molecule has 0 aromatic carbocycles. The number of nitrogens with one attached hydrogen (secondary N) is 2. The molecule has 1 saturated heterocycles. The molecule has 1 unspecified atom stereocenters. The SMILES string of the molecule is CN=C(NCCc1ccc(Cl)nc1)NCC(C)CN1CCCCC1.I. The van der Waals surface area contributed by atoms with E-state index < -0.39 is 0 Å². The van der Waals surface area contributed by atoms with Crippen LogP contribution in [0.2, 0.25) is 5.15 Å². The first-order valence-corrected chi connectivity index (χ1v) is 9.32. The molecule has 1 aromatic rings. The number of nitrogens with zero attached hydrogens (tertiary/aromatic N) is 3. The molecule has 0 aliphatic carbocycles. The summed E-state index contributed by atoms with van der Waals surface area (Å²) in [5.74, 6) is 1.48. The van der Waals surface area contributed by atoms with Gasteiger partial charge in [-0.2, -0.15) is 0 Å². The fourth-order valence-electron chi connectivity index (χ4n) is 3.02. The van der Waals surface area contributed by atoms with Gasteiger partial charge in [-0.05, 0) is 49.9 Å². The second-order valence-corrected chi connectivity index (χ2v) is 6.97. The summed E-state index contributed by atoms with van der Waals surface area (Å²) >= 11 is 5.80. The summed E-state index contributed by atoms with van der Waals surface area (Å²) < 4.78 is 0. The molecule has 0 amide bonds. The summed E-state index contributed by atoms with van der Waals surface area (Å²) in [6, 6.07) is 3.83. The van der Waals surface area contributed by atoms with E-state index in [9.17, 15) is 0 Å². The first kappa shape index (κ1) is 22.4. The second kappa shape index (κ2) is 12.7. The van der Waals surface area contributed by atoms with Gasteiger partial charge in [0.2, 0.25) is 0 Å². The molecule has 0 saturated carbocycles. The highest BCUT2D eigenvalue weighted by Crippen LogP contribution is 2.10. The van der Waals surface area contributed by atoms with Crippen molar-refractivity contribution < 1.29 is 0 Å². The topological polar surface area (TPSA) is 52.6 Å². The van der Waals surface area contributed by atoms with Crippen LogP contribution in [0.3, 0.4) is 0 Å². The number of aromatic nitrogens is 1. The number of pyridine rings is 1. The summed E-state index contributed by atoms with van der Waals surface area (Å²) in [6.45, 7) is 7.75. The van der Waals surface area contributed by atoms with Crippen molar-refractivity contribution in [3.8, 4) is 0 Å². The number of piperidine rings is 1. The number of halogens is 2. The zero-order valence-electron chi connectivity index (χ0n) is 15.3. The molecular formula is C18H31ClIN5. The largest absolute Gasteiger partial charge is 0.356 e. The molecule has 1 fully saturated rings. The first-order chi connectivity index (χ1) is 11.7. The van der Waals surface area contributed by atoms with Crippen LogP contribution in [0.4, 0.5) is 0 Å². The summed E-state index contributed by atoms with van der Waals surface area (Å²) in [6.07, 6.45) is 6.81. The van der Waals surface area contributed by atoms with Crippen molar-refractivity contribution in [1.82, 2.24) is 20.5 Å². The van der Waals surface area contributed by atoms with Gasteiger partial charge < -0.3 is 15.5 Å². The van der Waals surface area contributed by atoms with E-state index in [4.69, 9.17) is 11.6 Å². The van der Waals surface area contributed by atoms with E-state index >= 15 is 0 Å². The molecule has 1 aliphatic heterocycles. The Bertz CT molecular complexity index is 503. The number of hydrogen-bond donors (Lipinski definition) is 2. The molecule has 25 heavy (non-hydrogen) atoms. The van der Waals surface area contributed by atoms with Crippen LogP contribution in [0, 0.1) is 5.92 Å². The van der Waals surface area contributed by atoms with Crippen LogP contribution in [-0.2, 0) is 6.42 Å². The quantitative estimate of drug-likeness (QED) is 0.273. The Labute approximate surface area is 174 Å². The van der Waals surface area contributed by atoms with E-state index in [1.807, 2.05) is 25.4 Å². The van der Waals surface area contributed by atoms with Gasteiger partial charge in [-0.25, -0.2) is 4.98 Å². The van der Waals surface area contributed by atoms with Gasteiger partial charge in [0.25, 0.3) is 0 Å². The highest BCUT2D eigenvalue weighted by molar-refractivity contribution is 14.0. The number of rotatable bonds is 7. The van der Waals surface area contributed by atoms with Gasteiger partial charge in [0.1, 0.15) is 5.15 Å². The molecule has 2 N–H and O–H groups in total. The van der Waals surface area contributed by atoms with E-state index in [0.717, 1.165) is 25.5 Å². The van der Waals surface area contributed by atoms with Crippen LogP contribution in [0.25, 0.3) is 0 Å². The van der Waals surface area contributed by atoms with Crippen LogP contribution in [0.1, 0.15) is 31.7 Å². The number of likely N-dealkylation sites (tertiary alicyclic amines) is 1. The summed E-state index contributed by atoms with van der Waals surface area (Å²) in [5.41, 5.74) is 1.17. The van der Waals surface area contributed by atoms with Crippen LogP contribution < -0.4 is 10.6 Å². The highest BCUT2D eigenvalue weighted by atomic mass is 127. The van der Waals surface area contributed by atoms with Gasteiger partial charge in [-0.15, -0.1) is 24.0 Å². The Morgan fingerprint density at radius 1 is 1.28 bits per heavy atom. The first-order valence-electron chi connectivity index (χ1n) is 8.94. The third-order valence-electron chi connectivity index (χ3n) is 4.35. The Balaban J connectivity index is 0.00000312. The zero-order valence-corrected chi connectivity index (χ0v) is 18.4. The van der Waals surface area contributed by atoms with Crippen LogP contribution in [0.15, 0.2) is 23.3 Å². The van der Waals surface area contributed by atoms with E-state index in [1.54, 1.807) is 0 Å². The number of hydrogen-bond acceptors (Lipinski definition) is 3. The minimum absolute atomic E-state index is 0. The standard InChI is InChI=1S/C18H30ClN5.HI/c1-15(14-24-10-4-3-5-11-24)12-23-18(20-2)21-9-8-16-6-7-17(19)22-13-16;/h6-7,13,15H,3-5,8-12,14H2,1-2H3,(H2,20,21,23);1H. The smallest absolute Gasteiger partial charge is 0.190 e. The maximum atomic E-state index is 5.80. The Morgan fingerprint density at radius 3 is 2.68 bits per heavy atom. The third kappa shape index (κ3) is 9.06. The van der Waals surface area contributed by atoms with Gasteiger partial charge in [-0.3, -0.25) is 4.99 Å². The van der Waals surface area contributed by atoms with Crippen molar-refractivity contribution in [2.24, 2.45) is 10.9 Å². The van der Waals surface area contributed by atoms with Crippen molar-refractivity contribution >= 4 is 41.5 Å². The Kier molecular flexibility index (Phi) is 11.4. The van der Waals surface area contributed by atoms with Crippen molar-refractivity contribution in [3.05, 3.63) is 29.0 Å². The summed E-state index contributed by atoms with van der Waals surface area (Å²) in [7, 11) is 1.81.